The summed E-state index contributed by atoms with van der Waals surface area (Å²) in [6.45, 7) is 0. The third kappa shape index (κ3) is 3.63. The van der Waals surface area contributed by atoms with Crippen molar-refractivity contribution in [3.63, 3.8) is 0 Å². The molecule has 0 amide bonds. The van der Waals surface area contributed by atoms with Gasteiger partial charge in [0.25, 0.3) is 0 Å². The Morgan fingerprint density at radius 2 is 1.23 bits per heavy atom. The van der Waals surface area contributed by atoms with Crippen molar-refractivity contribution in [1.82, 2.24) is 5.32 Å². The van der Waals surface area contributed by atoms with Gasteiger partial charge in [-0.25, -0.2) is 0 Å². The average Bonchev–Trinajstić information content (AvgIpc) is 3.30. The molecule has 1 heterocycles. The van der Waals surface area contributed by atoms with Gasteiger partial charge in [-0.1, -0.05) is 37.1 Å². The van der Waals surface area contributed by atoms with Crippen LogP contribution in [0.3, 0.4) is 0 Å². The van der Waals surface area contributed by atoms with Crippen LogP contribution >= 0.6 is 0 Å². The Bertz CT molecular complexity index is 842. The number of rotatable bonds is 2. The van der Waals surface area contributed by atoms with E-state index < -0.39 is 0 Å². The van der Waals surface area contributed by atoms with E-state index in [9.17, 15) is 0 Å². The Morgan fingerprint density at radius 3 is 2.00 bits per heavy atom. The molecule has 11 unspecified atom stereocenters. The van der Waals surface area contributed by atoms with Gasteiger partial charge in [0.2, 0.25) is 0 Å². The highest BCUT2D eigenvalue weighted by molar-refractivity contribution is 5.16. The first-order valence-electron chi connectivity index (χ1n) is 16.4. The zero-order valence-corrected chi connectivity index (χ0v) is 22.2. The third-order valence-electron chi connectivity index (χ3n) is 13.9. The van der Waals surface area contributed by atoms with Crippen LogP contribution in [0.1, 0.15) is 103 Å². The maximum atomic E-state index is 4.08. The molecule has 8 aliphatic rings. The van der Waals surface area contributed by atoms with E-state index in [2.05, 4.69) is 29.6 Å². The minimum Gasteiger partial charge on any atom is -0.307 e. The number of hydrogen-bond donors (Lipinski definition) is 1. The van der Waals surface area contributed by atoms with E-state index in [1.165, 1.54) is 51.4 Å². The fourth-order valence-corrected chi connectivity index (χ4v) is 12.7. The summed E-state index contributed by atoms with van der Waals surface area (Å²) in [4.78, 5) is 0. The highest BCUT2D eigenvalue weighted by atomic mass is 15.0. The number of nitrogens with one attached hydrogen (secondary N) is 1. The quantitative estimate of drug-likeness (QED) is 0.399. The van der Waals surface area contributed by atoms with E-state index in [4.69, 9.17) is 0 Å². The SMILES string of the molecule is C1=CCC(C2CC[C@H]3CCC4C5C(CCC2C53)CCC4[C@H]2C=CC3NC4CCCCC4[C@H]3C2)CC1. The summed E-state index contributed by atoms with van der Waals surface area (Å²) in [5.41, 5.74) is 0. The van der Waals surface area contributed by atoms with Crippen molar-refractivity contribution in [2.75, 3.05) is 0 Å². The third-order valence-corrected chi connectivity index (χ3v) is 13.9. The molecule has 7 aliphatic carbocycles. The molecule has 0 radical (unpaired) electrons. The van der Waals surface area contributed by atoms with Gasteiger partial charge in [-0.2, -0.15) is 0 Å². The summed E-state index contributed by atoms with van der Waals surface area (Å²) in [6.07, 6.45) is 34.9. The predicted molar refractivity (Wildman–Crippen MR) is 145 cm³/mol. The molecule has 192 valence electrons. The monoisotopic (exact) mass is 473 g/mol. The lowest BCUT2D eigenvalue weighted by Crippen LogP contribution is -2.55. The molecule has 0 spiro atoms. The molecule has 1 heteroatoms. The molecule has 14 atom stereocenters. The molecule has 8 rings (SSSR count). The van der Waals surface area contributed by atoms with Gasteiger partial charge in [0.15, 0.2) is 0 Å². The second-order valence-electron chi connectivity index (χ2n) is 14.9. The lowest BCUT2D eigenvalue weighted by molar-refractivity contribution is -0.128. The number of allylic oxidation sites excluding steroid dienone is 3. The molecule has 1 aliphatic heterocycles. The highest BCUT2D eigenvalue weighted by Crippen LogP contribution is 2.64. The second kappa shape index (κ2) is 9.03. The van der Waals surface area contributed by atoms with E-state index >= 15 is 0 Å². The Balaban J connectivity index is 1.04. The number of fused-ring (bicyclic) bond motifs is 3. The standard InChI is InChI=1S/C34H51N/c1-2-6-21(7-3-1)25-15-10-22-13-18-29-26(16-11-23-12-17-28(25)33(22)34(23)29)24-14-19-32-30(20-24)27-8-4-5-9-31(27)35-32/h1-2,14,19,21-35H,3-13,15-18,20H2/t21?,22-,23?,24-,25?,26?,27?,28?,29?,30+,31?,32?,33?,34?/m0/s1. The Kier molecular flexibility index (Phi) is 5.78. The second-order valence-corrected chi connectivity index (χ2v) is 14.9. The first-order valence-corrected chi connectivity index (χ1v) is 16.4. The lowest BCUT2D eigenvalue weighted by Gasteiger charge is -2.62. The Hall–Kier alpha value is -0.560. The van der Waals surface area contributed by atoms with Crippen LogP contribution in [-0.4, -0.2) is 12.1 Å². The topological polar surface area (TPSA) is 12.0 Å². The zero-order valence-electron chi connectivity index (χ0n) is 22.2. The van der Waals surface area contributed by atoms with Crippen LogP contribution in [0.5, 0.6) is 0 Å². The smallest absolute Gasteiger partial charge is 0.0284 e. The zero-order chi connectivity index (χ0) is 22.9. The van der Waals surface area contributed by atoms with E-state index in [1.807, 2.05) is 0 Å². The molecule has 1 N–H and O–H groups in total. The van der Waals surface area contributed by atoms with Gasteiger partial charge >= 0.3 is 0 Å². The maximum Gasteiger partial charge on any atom is 0.0284 e. The van der Waals surface area contributed by atoms with Crippen molar-refractivity contribution in [3.05, 3.63) is 24.3 Å². The van der Waals surface area contributed by atoms with Gasteiger partial charge in [0.1, 0.15) is 0 Å². The van der Waals surface area contributed by atoms with Crippen molar-refractivity contribution >= 4 is 0 Å². The summed E-state index contributed by atoms with van der Waals surface area (Å²) >= 11 is 0. The summed E-state index contributed by atoms with van der Waals surface area (Å²) in [6, 6.07) is 1.57. The lowest BCUT2D eigenvalue weighted by atomic mass is 9.43. The van der Waals surface area contributed by atoms with Gasteiger partial charge in [0, 0.05) is 12.1 Å². The number of hydrogen-bond acceptors (Lipinski definition) is 1. The van der Waals surface area contributed by atoms with Crippen LogP contribution in [-0.2, 0) is 0 Å². The van der Waals surface area contributed by atoms with Crippen LogP contribution in [0.25, 0.3) is 0 Å². The first kappa shape index (κ1) is 22.4. The summed E-state index contributed by atoms with van der Waals surface area (Å²) in [5, 5.41) is 4.08. The molecule has 1 nitrogen and oxygen atoms in total. The normalized spacial score (nSPS) is 56.7. The fourth-order valence-electron chi connectivity index (χ4n) is 12.7. The molecule has 0 aromatic heterocycles. The highest BCUT2D eigenvalue weighted by Gasteiger charge is 2.57. The summed E-state index contributed by atoms with van der Waals surface area (Å²) in [5.74, 6) is 12.6. The Labute approximate surface area is 215 Å². The molecule has 0 aromatic carbocycles. The van der Waals surface area contributed by atoms with Gasteiger partial charge in [-0.15, -0.1) is 0 Å². The van der Waals surface area contributed by atoms with Crippen molar-refractivity contribution in [2.24, 2.45) is 71.0 Å². The molecule has 35 heavy (non-hydrogen) atoms. The molecule has 5 saturated carbocycles. The van der Waals surface area contributed by atoms with Gasteiger partial charge < -0.3 is 5.32 Å². The van der Waals surface area contributed by atoms with Crippen molar-refractivity contribution < 1.29 is 0 Å². The molecule has 0 aromatic rings. The molecule has 6 fully saturated rings. The fraction of sp³-hybridized carbons (Fsp3) is 0.882. The average molecular weight is 474 g/mol. The van der Waals surface area contributed by atoms with E-state index in [0.29, 0.717) is 6.04 Å². The van der Waals surface area contributed by atoms with Gasteiger partial charge in [0.05, 0.1) is 0 Å². The molecule has 0 bridgehead atoms. The van der Waals surface area contributed by atoms with E-state index in [0.717, 1.165) is 77.1 Å². The van der Waals surface area contributed by atoms with Crippen molar-refractivity contribution in [3.8, 4) is 0 Å². The maximum absolute atomic E-state index is 4.08. The molecular formula is C34H51N. The predicted octanol–water partition coefficient (Wildman–Crippen LogP) is 8.17. The molecular weight excluding hydrogens is 422 g/mol. The van der Waals surface area contributed by atoms with Crippen LogP contribution < -0.4 is 5.32 Å². The minimum absolute atomic E-state index is 0.717. The summed E-state index contributed by atoms with van der Waals surface area (Å²) < 4.78 is 0. The van der Waals surface area contributed by atoms with Crippen LogP contribution in [0, 0.1) is 71.0 Å². The van der Waals surface area contributed by atoms with Crippen molar-refractivity contribution in [1.29, 1.82) is 0 Å². The largest absolute Gasteiger partial charge is 0.307 e. The summed E-state index contributed by atoms with van der Waals surface area (Å²) in [7, 11) is 0. The molecule has 1 saturated heterocycles. The van der Waals surface area contributed by atoms with Crippen LogP contribution in [0.2, 0.25) is 0 Å². The van der Waals surface area contributed by atoms with E-state index in [-0.39, 0.29) is 0 Å². The van der Waals surface area contributed by atoms with Gasteiger partial charge in [-0.05, 0) is 161 Å². The Morgan fingerprint density at radius 1 is 0.514 bits per heavy atom. The van der Waals surface area contributed by atoms with Gasteiger partial charge in [-0.3, -0.25) is 0 Å². The van der Waals surface area contributed by atoms with E-state index in [1.54, 1.807) is 51.4 Å². The minimum atomic E-state index is 0.717. The van der Waals surface area contributed by atoms with Crippen molar-refractivity contribution in [2.45, 2.75) is 115 Å². The first-order chi connectivity index (χ1) is 17.3. The van der Waals surface area contributed by atoms with Crippen LogP contribution in [0.4, 0.5) is 0 Å². The van der Waals surface area contributed by atoms with Crippen LogP contribution in [0.15, 0.2) is 24.3 Å².